The van der Waals surface area contributed by atoms with Crippen LogP contribution in [-0.4, -0.2) is 29.2 Å². The molecule has 0 aliphatic carbocycles. The van der Waals surface area contributed by atoms with Crippen LogP contribution in [0.2, 0.25) is 0 Å². The molecule has 1 atom stereocenters. The number of hydrogen-bond donors (Lipinski definition) is 2. The molecule has 1 aromatic heterocycles. The number of hydrogen-bond acceptors (Lipinski definition) is 4. The van der Waals surface area contributed by atoms with Crippen molar-refractivity contribution in [2.45, 2.75) is 19.8 Å². The first-order valence-corrected chi connectivity index (χ1v) is 5.57. The normalized spacial score (nSPS) is 24.3. The SMILES string of the molecule is CCC1(C(=O)Nc2cccnn2)CCNC1. The number of amides is 1. The predicted molar refractivity (Wildman–Crippen MR) is 60.9 cm³/mol. The van der Waals surface area contributed by atoms with Crippen LogP contribution < -0.4 is 10.6 Å². The fraction of sp³-hybridized carbons (Fsp3) is 0.545. The van der Waals surface area contributed by atoms with Gasteiger partial charge in [-0.1, -0.05) is 6.92 Å². The summed E-state index contributed by atoms with van der Waals surface area (Å²) >= 11 is 0. The van der Waals surface area contributed by atoms with E-state index in [4.69, 9.17) is 0 Å². The van der Waals surface area contributed by atoms with Crippen molar-refractivity contribution < 1.29 is 4.79 Å². The number of carbonyl (C=O) groups excluding carboxylic acids is 1. The number of nitrogens with one attached hydrogen (secondary N) is 2. The van der Waals surface area contributed by atoms with Gasteiger partial charge in [0, 0.05) is 12.7 Å². The Morgan fingerprint density at radius 3 is 3.12 bits per heavy atom. The summed E-state index contributed by atoms with van der Waals surface area (Å²) in [5.41, 5.74) is -0.280. The Morgan fingerprint density at radius 1 is 1.69 bits per heavy atom. The molecule has 1 amide bonds. The van der Waals surface area contributed by atoms with Crippen LogP contribution in [0.15, 0.2) is 18.3 Å². The van der Waals surface area contributed by atoms with Crippen LogP contribution in [0.1, 0.15) is 19.8 Å². The first-order chi connectivity index (χ1) is 7.77. The van der Waals surface area contributed by atoms with Gasteiger partial charge in [0.2, 0.25) is 5.91 Å². The fourth-order valence-electron chi connectivity index (χ4n) is 2.02. The van der Waals surface area contributed by atoms with Gasteiger partial charge in [-0.25, -0.2) is 0 Å². The molecule has 1 unspecified atom stereocenters. The van der Waals surface area contributed by atoms with Crippen molar-refractivity contribution in [1.82, 2.24) is 15.5 Å². The minimum Gasteiger partial charge on any atom is -0.316 e. The van der Waals surface area contributed by atoms with Crippen LogP contribution in [0.5, 0.6) is 0 Å². The maximum absolute atomic E-state index is 12.1. The monoisotopic (exact) mass is 220 g/mol. The number of rotatable bonds is 3. The van der Waals surface area contributed by atoms with Crippen LogP contribution in [0.4, 0.5) is 5.82 Å². The third-order valence-corrected chi connectivity index (χ3v) is 3.22. The summed E-state index contributed by atoms with van der Waals surface area (Å²) in [6.45, 7) is 3.70. The van der Waals surface area contributed by atoms with Gasteiger partial charge in [0.25, 0.3) is 0 Å². The molecule has 1 saturated heterocycles. The summed E-state index contributed by atoms with van der Waals surface area (Å²) in [7, 11) is 0. The molecule has 2 rings (SSSR count). The van der Waals surface area contributed by atoms with E-state index in [1.54, 1.807) is 18.3 Å². The third kappa shape index (κ3) is 2.04. The molecular weight excluding hydrogens is 204 g/mol. The van der Waals surface area contributed by atoms with Gasteiger partial charge in [0.15, 0.2) is 5.82 Å². The fourth-order valence-corrected chi connectivity index (χ4v) is 2.02. The second-order valence-electron chi connectivity index (χ2n) is 4.12. The summed E-state index contributed by atoms with van der Waals surface area (Å²) < 4.78 is 0. The van der Waals surface area contributed by atoms with Crippen molar-refractivity contribution in [2.24, 2.45) is 5.41 Å². The van der Waals surface area contributed by atoms with Crippen LogP contribution in [0.25, 0.3) is 0 Å². The highest BCUT2D eigenvalue weighted by Crippen LogP contribution is 2.30. The zero-order valence-electron chi connectivity index (χ0n) is 9.36. The molecule has 1 fully saturated rings. The first-order valence-electron chi connectivity index (χ1n) is 5.57. The molecule has 0 bridgehead atoms. The minimum absolute atomic E-state index is 0.0421. The average molecular weight is 220 g/mol. The van der Waals surface area contributed by atoms with Gasteiger partial charge in [-0.05, 0) is 31.5 Å². The molecule has 16 heavy (non-hydrogen) atoms. The molecule has 2 heterocycles. The minimum atomic E-state index is -0.280. The summed E-state index contributed by atoms with van der Waals surface area (Å²) in [5.74, 6) is 0.563. The topological polar surface area (TPSA) is 66.9 Å². The molecule has 86 valence electrons. The highest BCUT2D eigenvalue weighted by molar-refractivity contribution is 5.94. The van der Waals surface area contributed by atoms with Crippen LogP contribution >= 0.6 is 0 Å². The van der Waals surface area contributed by atoms with Gasteiger partial charge < -0.3 is 10.6 Å². The van der Waals surface area contributed by atoms with Crippen molar-refractivity contribution in [3.05, 3.63) is 18.3 Å². The van der Waals surface area contributed by atoms with Crippen LogP contribution in [-0.2, 0) is 4.79 Å². The van der Waals surface area contributed by atoms with E-state index >= 15 is 0 Å². The maximum Gasteiger partial charge on any atom is 0.233 e. The lowest BCUT2D eigenvalue weighted by Gasteiger charge is -2.24. The quantitative estimate of drug-likeness (QED) is 0.791. The zero-order chi connectivity index (χ0) is 11.4. The molecule has 5 heteroatoms. The lowest BCUT2D eigenvalue weighted by Crippen LogP contribution is -2.37. The standard InChI is InChI=1S/C11H16N4O/c1-2-11(5-7-12-8-11)10(16)14-9-4-3-6-13-15-9/h3-4,6,12H,2,5,7-8H2,1H3,(H,14,15,16). The Morgan fingerprint density at radius 2 is 2.56 bits per heavy atom. The van der Waals surface area contributed by atoms with Crippen molar-refractivity contribution in [3.63, 3.8) is 0 Å². The van der Waals surface area contributed by atoms with Crippen LogP contribution in [0.3, 0.4) is 0 Å². The number of aromatic nitrogens is 2. The molecule has 0 saturated carbocycles. The molecule has 0 spiro atoms. The zero-order valence-corrected chi connectivity index (χ0v) is 9.36. The molecule has 1 aromatic rings. The van der Waals surface area contributed by atoms with E-state index in [0.717, 1.165) is 25.9 Å². The summed E-state index contributed by atoms with van der Waals surface area (Å²) in [4.78, 5) is 12.1. The second kappa shape index (κ2) is 4.57. The second-order valence-corrected chi connectivity index (χ2v) is 4.12. The van der Waals surface area contributed by atoms with Crippen molar-refractivity contribution in [3.8, 4) is 0 Å². The van der Waals surface area contributed by atoms with Gasteiger partial charge in [0.05, 0.1) is 5.41 Å². The Kier molecular flexibility index (Phi) is 3.14. The summed E-state index contributed by atoms with van der Waals surface area (Å²) in [5, 5.41) is 13.6. The molecular formula is C11H16N4O. The average Bonchev–Trinajstić information content (AvgIpc) is 2.80. The van der Waals surface area contributed by atoms with Gasteiger partial charge in [-0.2, -0.15) is 5.10 Å². The van der Waals surface area contributed by atoms with E-state index in [9.17, 15) is 4.79 Å². The molecule has 0 aromatic carbocycles. The molecule has 2 N–H and O–H groups in total. The third-order valence-electron chi connectivity index (χ3n) is 3.22. The molecule has 1 aliphatic heterocycles. The highest BCUT2D eigenvalue weighted by Gasteiger charge is 2.39. The van der Waals surface area contributed by atoms with Crippen LogP contribution in [0, 0.1) is 5.41 Å². The van der Waals surface area contributed by atoms with E-state index in [0.29, 0.717) is 5.82 Å². The Balaban J connectivity index is 2.07. The first kappa shape index (κ1) is 11.0. The van der Waals surface area contributed by atoms with E-state index < -0.39 is 0 Å². The maximum atomic E-state index is 12.1. The molecule has 1 aliphatic rings. The van der Waals surface area contributed by atoms with Gasteiger partial charge in [0.1, 0.15) is 0 Å². The molecule has 0 radical (unpaired) electrons. The van der Waals surface area contributed by atoms with E-state index in [2.05, 4.69) is 20.8 Å². The number of nitrogens with zero attached hydrogens (tertiary/aromatic N) is 2. The Bertz CT molecular complexity index is 360. The van der Waals surface area contributed by atoms with Crippen molar-refractivity contribution in [2.75, 3.05) is 18.4 Å². The van der Waals surface area contributed by atoms with E-state index in [1.165, 1.54) is 0 Å². The number of anilines is 1. The Hall–Kier alpha value is -1.49. The number of carbonyl (C=O) groups is 1. The lowest BCUT2D eigenvalue weighted by atomic mass is 9.83. The van der Waals surface area contributed by atoms with E-state index in [-0.39, 0.29) is 11.3 Å². The van der Waals surface area contributed by atoms with Gasteiger partial charge in [-0.15, -0.1) is 5.10 Å². The lowest BCUT2D eigenvalue weighted by molar-refractivity contribution is -0.124. The summed E-state index contributed by atoms with van der Waals surface area (Å²) in [6, 6.07) is 3.50. The van der Waals surface area contributed by atoms with Gasteiger partial charge in [-0.3, -0.25) is 4.79 Å². The Labute approximate surface area is 94.6 Å². The van der Waals surface area contributed by atoms with E-state index in [1.807, 2.05) is 6.92 Å². The predicted octanol–water partition coefficient (Wildman–Crippen LogP) is 0.805. The molecule has 5 nitrogen and oxygen atoms in total. The summed E-state index contributed by atoms with van der Waals surface area (Å²) in [6.07, 6.45) is 3.31. The van der Waals surface area contributed by atoms with Crippen molar-refractivity contribution in [1.29, 1.82) is 0 Å². The van der Waals surface area contributed by atoms with Gasteiger partial charge >= 0.3 is 0 Å². The highest BCUT2D eigenvalue weighted by atomic mass is 16.2. The largest absolute Gasteiger partial charge is 0.316 e. The smallest absolute Gasteiger partial charge is 0.233 e. The van der Waals surface area contributed by atoms with Crippen molar-refractivity contribution >= 4 is 11.7 Å².